The molecule has 0 bridgehead atoms. The number of nitrogens with zero attached hydrogens (tertiary/aromatic N) is 2. The van der Waals surface area contributed by atoms with Crippen molar-refractivity contribution >= 4 is 18.0 Å². The third kappa shape index (κ3) is 7.38. The van der Waals surface area contributed by atoms with Crippen LogP contribution in [-0.4, -0.2) is 81.7 Å². The van der Waals surface area contributed by atoms with Crippen molar-refractivity contribution in [3.05, 3.63) is 70.5 Å². The predicted octanol–water partition coefficient (Wildman–Crippen LogP) is 3.48. The lowest BCUT2D eigenvalue weighted by molar-refractivity contribution is -0.137. The van der Waals surface area contributed by atoms with Crippen LogP contribution in [0.4, 0.5) is 31.5 Å². The minimum atomic E-state index is -4.50. The Balaban J connectivity index is 1.43. The number of carbonyl (C=O) groups is 3. The van der Waals surface area contributed by atoms with E-state index in [0.29, 0.717) is 24.3 Å². The number of methoxy groups -OCH3 is 2. The van der Waals surface area contributed by atoms with Crippen LogP contribution in [0.15, 0.2) is 53.3 Å². The maximum atomic E-state index is 14.3. The number of amides is 4. The van der Waals surface area contributed by atoms with E-state index in [4.69, 9.17) is 9.47 Å². The number of carbonyl (C=O) groups excluding carboxylic acids is 3. The number of benzene rings is 1. The van der Waals surface area contributed by atoms with Crippen molar-refractivity contribution in [3.8, 4) is 6.07 Å². The van der Waals surface area contributed by atoms with E-state index >= 15 is 0 Å². The lowest BCUT2D eigenvalue weighted by atomic mass is 9.71. The van der Waals surface area contributed by atoms with Crippen LogP contribution in [0.25, 0.3) is 0 Å². The third-order valence-corrected chi connectivity index (χ3v) is 8.12. The van der Waals surface area contributed by atoms with Crippen LogP contribution in [0.1, 0.15) is 30.9 Å². The number of ether oxygens (including phenoxy) is 2. The Hall–Kier alpha value is -4.33. The Morgan fingerprint density at radius 3 is 2.57 bits per heavy atom. The number of alkyl halides is 3. The first kappa shape index (κ1) is 34.5. The van der Waals surface area contributed by atoms with Gasteiger partial charge in [-0.3, -0.25) is 0 Å². The predicted molar refractivity (Wildman–Crippen MR) is 153 cm³/mol. The highest BCUT2D eigenvalue weighted by atomic mass is 19.4. The second-order valence-electron chi connectivity index (χ2n) is 11.0. The van der Waals surface area contributed by atoms with Gasteiger partial charge in [-0.2, -0.15) is 18.4 Å². The van der Waals surface area contributed by atoms with Crippen LogP contribution < -0.4 is 21.3 Å². The fourth-order valence-corrected chi connectivity index (χ4v) is 5.79. The highest BCUT2D eigenvalue weighted by Crippen LogP contribution is 2.40. The van der Waals surface area contributed by atoms with Gasteiger partial charge in [0.15, 0.2) is 11.6 Å². The molecule has 0 radical (unpaired) electrons. The number of hydrogen-bond acceptors (Lipinski definition) is 8. The van der Waals surface area contributed by atoms with Crippen LogP contribution >= 0.6 is 0 Å². The molecule has 3 aliphatic rings. The van der Waals surface area contributed by atoms with Crippen molar-refractivity contribution < 1.29 is 45.8 Å². The van der Waals surface area contributed by atoms with Gasteiger partial charge in [-0.15, -0.1) is 0 Å². The summed E-state index contributed by atoms with van der Waals surface area (Å²) in [5.74, 6) is -3.37. The van der Waals surface area contributed by atoms with Gasteiger partial charge >= 0.3 is 24.2 Å². The lowest BCUT2D eigenvalue weighted by Crippen LogP contribution is -2.56. The van der Waals surface area contributed by atoms with Gasteiger partial charge in [-0.25, -0.2) is 28.1 Å². The minimum absolute atomic E-state index is 0.00904. The Morgan fingerprint density at radius 2 is 1.96 bits per heavy atom. The molecular formula is C30H33F5N6O5. The fourth-order valence-electron chi connectivity index (χ4n) is 5.79. The summed E-state index contributed by atoms with van der Waals surface area (Å²) in [7, 11) is 2.39. The van der Waals surface area contributed by atoms with Gasteiger partial charge in [0, 0.05) is 32.3 Å². The number of piperidine rings is 1. The maximum Gasteiger partial charge on any atom is 0.416 e. The molecule has 4 N–H and O–H groups in total. The zero-order chi connectivity index (χ0) is 33.6. The summed E-state index contributed by atoms with van der Waals surface area (Å²) < 4.78 is 77.2. The van der Waals surface area contributed by atoms with Crippen molar-refractivity contribution in [2.45, 2.75) is 43.6 Å². The molecule has 1 fully saturated rings. The molecule has 4 rings (SSSR count). The molecule has 248 valence electrons. The Kier molecular flexibility index (Phi) is 10.8. The molecule has 46 heavy (non-hydrogen) atoms. The van der Waals surface area contributed by atoms with Gasteiger partial charge in [-0.1, -0.05) is 24.3 Å². The Bertz CT molecular complexity index is 1490. The van der Waals surface area contributed by atoms with Gasteiger partial charge in [0.2, 0.25) is 0 Å². The average Bonchev–Trinajstić information content (AvgIpc) is 3.03. The van der Waals surface area contributed by atoms with E-state index in [-0.39, 0.29) is 49.0 Å². The highest BCUT2D eigenvalue weighted by molar-refractivity contribution is 6.01. The van der Waals surface area contributed by atoms with Crippen molar-refractivity contribution in [1.29, 1.82) is 5.26 Å². The molecule has 0 spiro atoms. The summed E-state index contributed by atoms with van der Waals surface area (Å²) in [4.78, 5) is 40.0. The summed E-state index contributed by atoms with van der Waals surface area (Å²) in [6, 6.07) is 0.929. The molecule has 4 amide bonds. The lowest BCUT2D eigenvalue weighted by Gasteiger charge is -2.40. The highest BCUT2D eigenvalue weighted by Gasteiger charge is 2.44. The smallest absolute Gasteiger partial charge is 0.416 e. The van der Waals surface area contributed by atoms with Gasteiger partial charge in [0.1, 0.15) is 6.04 Å². The van der Waals surface area contributed by atoms with Gasteiger partial charge in [-0.05, 0) is 43.5 Å². The summed E-state index contributed by atoms with van der Waals surface area (Å²) >= 11 is 0. The second kappa shape index (κ2) is 14.4. The second-order valence-corrected chi connectivity index (χ2v) is 11.0. The van der Waals surface area contributed by atoms with Crippen molar-refractivity contribution in [1.82, 2.24) is 26.2 Å². The Morgan fingerprint density at radius 1 is 1.20 bits per heavy atom. The van der Waals surface area contributed by atoms with Gasteiger partial charge in [0.25, 0.3) is 0 Å². The quantitative estimate of drug-likeness (QED) is 0.180. The first-order valence-electron chi connectivity index (χ1n) is 14.3. The van der Waals surface area contributed by atoms with Gasteiger partial charge < -0.3 is 30.7 Å². The first-order chi connectivity index (χ1) is 21.8. The molecule has 1 aromatic carbocycles. The van der Waals surface area contributed by atoms with E-state index < -0.39 is 58.9 Å². The number of rotatable bonds is 9. The first-order valence-corrected chi connectivity index (χ1v) is 14.3. The van der Waals surface area contributed by atoms with Crippen LogP contribution in [0.5, 0.6) is 0 Å². The van der Waals surface area contributed by atoms with Crippen LogP contribution in [-0.2, 0) is 14.3 Å². The normalized spacial score (nSPS) is 25.0. The number of imide groups is 1. The molecule has 3 unspecified atom stereocenters. The van der Waals surface area contributed by atoms with Crippen molar-refractivity contribution in [2.24, 2.45) is 5.41 Å². The monoisotopic (exact) mass is 652 g/mol. The van der Waals surface area contributed by atoms with Crippen LogP contribution in [0.2, 0.25) is 0 Å². The van der Waals surface area contributed by atoms with Crippen molar-refractivity contribution in [2.75, 3.05) is 40.5 Å². The molecule has 1 saturated heterocycles. The molecule has 2 aliphatic heterocycles. The third-order valence-electron chi connectivity index (χ3n) is 8.12. The van der Waals surface area contributed by atoms with E-state index in [1.54, 1.807) is 0 Å². The Labute approximate surface area is 261 Å². The standard InChI is InChI=1S/C30H33F5N6O5/c1-45-15-22-24(26(42)46-2)25(17-3-4-20(31)21(32)13-17)41(28(44)40-22)27(43)39-12-11-37-19-7-10-38-23(14-19)29(16-36)8-5-18(6-9-29)30(33,34)35/h3-6,8,13,19,23,25,37-38H,7,9-12,14-15H2,1-2H3,(H,39,43)(H,40,44)/t19?,23?,25-,29?/m0/s1. The number of esters is 1. The van der Waals surface area contributed by atoms with Crippen LogP contribution in [0.3, 0.4) is 0 Å². The summed E-state index contributed by atoms with van der Waals surface area (Å²) in [6.45, 7) is 0.440. The molecule has 0 aromatic heterocycles. The zero-order valence-corrected chi connectivity index (χ0v) is 25.0. The molecule has 2 heterocycles. The number of nitrogens with one attached hydrogen (secondary N) is 4. The molecule has 4 atom stereocenters. The van der Waals surface area contributed by atoms with E-state index in [1.165, 1.54) is 13.2 Å². The van der Waals surface area contributed by atoms with E-state index in [2.05, 4.69) is 27.3 Å². The number of allylic oxidation sites excluding steroid dienone is 3. The summed E-state index contributed by atoms with van der Waals surface area (Å²) in [5, 5.41) is 21.4. The summed E-state index contributed by atoms with van der Waals surface area (Å²) in [5.41, 5.74) is -2.26. The maximum absolute atomic E-state index is 14.3. The number of urea groups is 2. The molecular weight excluding hydrogens is 619 g/mol. The topological polar surface area (TPSA) is 145 Å². The number of hydrogen-bond donors (Lipinski definition) is 4. The summed E-state index contributed by atoms with van der Waals surface area (Å²) in [6.07, 6.45) is -0.269. The molecule has 1 aromatic rings. The van der Waals surface area contributed by atoms with E-state index in [1.807, 2.05) is 0 Å². The van der Waals surface area contributed by atoms with Gasteiger partial charge in [0.05, 0.1) is 42.0 Å². The van der Waals surface area contributed by atoms with Crippen molar-refractivity contribution in [3.63, 3.8) is 0 Å². The average molecular weight is 653 g/mol. The molecule has 0 saturated carbocycles. The largest absolute Gasteiger partial charge is 0.466 e. The minimum Gasteiger partial charge on any atom is -0.466 e. The molecule has 11 nitrogen and oxygen atoms in total. The zero-order valence-electron chi connectivity index (χ0n) is 25.0. The molecule has 16 heteroatoms. The number of halogens is 5. The number of nitriles is 1. The fraction of sp³-hybridized carbons (Fsp3) is 0.467. The molecule has 1 aliphatic carbocycles. The van der Waals surface area contributed by atoms with E-state index in [0.717, 1.165) is 37.5 Å². The van der Waals surface area contributed by atoms with E-state index in [9.17, 15) is 41.6 Å². The SMILES string of the molecule is COCC1=C(C(=O)OC)[C@H](c2ccc(F)c(F)c2)N(C(=O)NCCNC2CCNC(C3(C#N)C=CC(C(F)(F)F)=CC3)C2)C(=O)N1. The van der Waals surface area contributed by atoms with Crippen LogP contribution in [0, 0.1) is 28.4 Å².